The Morgan fingerprint density at radius 1 is 1.29 bits per heavy atom. The molecule has 2 aliphatic heterocycles. The molecule has 1 N–H and O–H groups in total. The number of piperazine rings is 1. The lowest BCUT2D eigenvalue weighted by molar-refractivity contribution is -0.892. The van der Waals surface area contributed by atoms with Crippen molar-refractivity contribution < 1.29 is 31.3 Å². The second kappa shape index (κ2) is 7.90. The lowest BCUT2D eigenvalue weighted by Crippen LogP contribution is -3.16. The van der Waals surface area contributed by atoms with Crippen LogP contribution in [0.3, 0.4) is 0 Å². The second-order valence-corrected chi connectivity index (χ2v) is 9.75. The van der Waals surface area contributed by atoms with Crippen molar-refractivity contribution in [2.24, 2.45) is 0 Å². The first-order valence-electron chi connectivity index (χ1n) is 9.27. The third-order valence-electron chi connectivity index (χ3n) is 5.56. The molecule has 1 amide bonds. The summed E-state index contributed by atoms with van der Waals surface area (Å²) in [6.07, 6.45) is -3.89. The van der Waals surface area contributed by atoms with Crippen molar-refractivity contribution in [3.05, 3.63) is 29.8 Å². The van der Waals surface area contributed by atoms with Crippen LogP contribution in [0, 0.1) is 0 Å². The molecule has 3 rings (SSSR count). The molecule has 2 heterocycles. The molecule has 2 saturated heterocycles. The van der Waals surface area contributed by atoms with E-state index in [0.717, 1.165) is 17.0 Å². The van der Waals surface area contributed by atoms with E-state index in [1.165, 1.54) is 11.0 Å². The molecular weight excluding hydrogens is 395 g/mol. The fraction of sp³-hybridized carbons (Fsp3) is 0.611. The Bertz CT molecular complexity index is 821. The number of amides is 1. The van der Waals surface area contributed by atoms with Crippen LogP contribution >= 0.6 is 0 Å². The monoisotopic (exact) mass is 420 g/mol. The van der Waals surface area contributed by atoms with Crippen molar-refractivity contribution in [1.29, 1.82) is 0 Å². The molecule has 0 aromatic heterocycles. The molecule has 28 heavy (non-hydrogen) atoms. The Hall–Kier alpha value is -1.81. The molecule has 0 aliphatic carbocycles. The summed E-state index contributed by atoms with van der Waals surface area (Å²) in [6.45, 7) is 2.66. The third-order valence-corrected chi connectivity index (χ3v) is 7.31. The topological polar surface area (TPSA) is 62.1 Å². The Labute approximate surface area is 162 Å². The maximum Gasteiger partial charge on any atom is 0.416 e. The highest BCUT2D eigenvalue weighted by Gasteiger charge is 2.34. The van der Waals surface area contributed by atoms with Crippen molar-refractivity contribution >= 4 is 21.4 Å². The van der Waals surface area contributed by atoms with Gasteiger partial charge in [0.2, 0.25) is 0 Å². The number of halogens is 3. The van der Waals surface area contributed by atoms with Crippen LogP contribution in [0.4, 0.5) is 18.9 Å². The van der Waals surface area contributed by atoms with Gasteiger partial charge in [-0.05, 0) is 24.6 Å². The highest BCUT2D eigenvalue weighted by molar-refractivity contribution is 7.91. The summed E-state index contributed by atoms with van der Waals surface area (Å²) >= 11 is 0. The zero-order valence-electron chi connectivity index (χ0n) is 15.7. The molecule has 1 aromatic carbocycles. The van der Waals surface area contributed by atoms with Crippen molar-refractivity contribution in [1.82, 2.24) is 4.90 Å². The van der Waals surface area contributed by atoms with Gasteiger partial charge in [-0.25, -0.2) is 8.42 Å². The maximum absolute atomic E-state index is 12.9. The molecule has 0 spiro atoms. The first-order chi connectivity index (χ1) is 13.0. The molecule has 0 radical (unpaired) electrons. The van der Waals surface area contributed by atoms with Crippen molar-refractivity contribution in [3.63, 3.8) is 0 Å². The smallest absolute Gasteiger partial charge is 0.360 e. The summed E-state index contributed by atoms with van der Waals surface area (Å²) in [5.74, 6) is 0.0516. The lowest BCUT2D eigenvalue weighted by Gasteiger charge is -2.34. The quantitative estimate of drug-likeness (QED) is 0.748. The molecule has 156 valence electrons. The number of nitrogens with one attached hydrogen (secondary N) is 1. The average Bonchev–Trinajstić information content (AvgIpc) is 3.01. The second-order valence-electron chi connectivity index (χ2n) is 7.52. The highest BCUT2D eigenvalue weighted by Crippen LogP contribution is 2.31. The number of alkyl halides is 3. The predicted octanol–water partition coefficient (Wildman–Crippen LogP) is 0.0558. The van der Waals surface area contributed by atoms with Crippen LogP contribution < -0.4 is 9.80 Å². The van der Waals surface area contributed by atoms with Gasteiger partial charge in [-0.3, -0.25) is 4.79 Å². The summed E-state index contributed by atoms with van der Waals surface area (Å²) < 4.78 is 61.9. The number of hydrogen-bond acceptors (Lipinski definition) is 4. The third kappa shape index (κ3) is 4.96. The Kier molecular flexibility index (Phi) is 5.90. The lowest BCUT2D eigenvalue weighted by atomic mass is 10.1. The molecule has 0 saturated carbocycles. The summed E-state index contributed by atoms with van der Waals surface area (Å²) in [4.78, 5) is 17.0. The van der Waals surface area contributed by atoms with Gasteiger partial charge in [-0.1, -0.05) is 6.07 Å². The Balaban J connectivity index is 1.52. The number of likely N-dealkylation sites (N-methyl/N-ethyl adjacent to an activating group) is 1. The van der Waals surface area contributed by atoms with Gasteiger partial charge in [0.1, 0.15) is 0 Å². The minimum Gasteiger partial charge on any atom is -0.360 e. The van der Waals surface area contributed by atoms with E-state index in [-0.39, 0.29) is 30.0 Å². The molecule has 1 atom stereocenters. The Morgan fingerprint density at radius 3 is 2.54 bits per heavy atom. The number of anilines is 1. The van der Waals surface area contributed by atoms with Gasteiger partial charge in [0, 0.05) is 18.8 Å². The van der Waals surface area contributed by atoms with Gasteiger partial charge in [-0.2, -0.15) is 13.2 Å². The number of benzene rings is 1. The van der Waals surface area contributed by atoms with Gasteiger partial charge >= 0.3 is 6.18 Å². The molecule has 0 bridgehead atoms. The van der Waals surface area contributed by atoms with Gasteiger partial charge in [0.05, 0.1) is 43.2 Å². The van der Waals surface area contributed by atoms with E-state index < -0.39 is 21.6 Å². The zero-order chi connectivity index (χ0) is 20.5. The van der Waals surface area contributed by atoms with Crippen molar-refractivity contribution in [2.75, 3.05) is 56.2 Å². The van der Waals surface area contributed by atoms with Crippen LogP contribution in [0.2, 0.25) is 0 Å². The van der Waals surface area contributed by atoms with Crippen LogP contribution in [0.1, 0.15) is 12.0 Å². The number of hydrogen-bond donors (Lipinski definition) is 1. The Morgan fingerprint density at radius 2 is 1.96 bits per heavy atom. The molecule has 2 fully saturated rings. The van der Waals surface area contributed by atoms with Crippen LogP contribution in [-0.4, -0.2) is 76.5 Å². The van der Waals surface area contributed by atoms with E-state index in [9.17, 15) is 26.4 Å². The number of nitrogens with zero attached hydrogens (tertiary/aromatic N) is 2. The summed E-state index contributed by atoms with van der Waals surface area (Å²) in [5.41, 5.74) is -0.128. The first-order valence-corrected chi connectivity index (χ1v) is 11.1. The van der Waals surface area contributed by atoms with Gasteiger partial charge in [-0.15, -0.1) is 0 Å². The van der Waals surface area contributed by atoms with E-state index in [1.54, 1.807) is 13.1 Å². The molecule has 2 aliphatic rings. The normalized spacial score (nSPS) is 23.0. The zero-order valence-corrected chi connectivity index (χ0v) is 16.5. The largest absolute Gasteiger partial charge is 0.416 e. The molecular formula is C18H25F3N3O3S+. The van der Waals surface area contributed by atoms with Gasteiger partial charge in [0.15, 0.2) is 16.4 Å². The number of carbonyl (C=O) groups excluding carboxylic acids is 1. The van der Waals surface area contributed by atoms with E-state index in [4.69, 9.17) is 0 Å². The van der Waals surface area contributed by atoms with Crippen LogP contribution in [0.25, 0.3) is 0 Å². The van der Waals surface area contributed by atoms with Crippen molar-refractivity contribution in [2.45, 2.75) is 18.6 Å². The standard InChI is InChI=1S/C18H24F3N3O3S/c1-22(16-5-10-28(26,27)13-16)17(25)12-23-6-8-24(9-7-23)15-4-2-3-14(11-15)18(19,20)21/h2-4,11,16H,5-10,12-13H2,1H3/p+1/t16-/m0/s1. The minimum atomic E-state index is -4.37. The number of carbonyl (C=O) groups is 1. The van der Waals surface area contributed by atoms with Crippen LogP contribution in [-0.2, 0) is 20.8 Å². The molecule has 1 aromatic rings. The SMILES string of the molecule is CN(C(=O)C[NH+]1CCN(c2cccc(C(F)(F)F)c2)CC1)[C@H]1CCS(=O)(=O)C1. The van der Waals surface area contributed by atoms with Crippen LogP contribution in [0.5, 0.6) is 0 Å². The first kappa shape index (κ1) is 20.9. The molecule has 0 unspecified atom stereocenters. The fourth-order valence-electron chi connectivity index (χ4n) is 3.76. The molecule has 10 heteroatoms. The highest BCUT2D eigenvalue weighted by atomic mass is 32.2. The summed E-state index contributed by atoms with van der Waals surface area (Å²) in [5, 5.41) is 0. The number of sulfone groups is 1. The maximum atomic E-state index is 12.9. The van der Waals surface area contributed by atoms with E-state index in [1.807, 2.05) is 4.90 Å². The average molecular weight is 420 g/mol. The number of quaternary nitrogens is 1. The summed E-state index contributed by atoms with van der Waals surface area (Å²) in [6, 6.07) is 5.03. The van der Waals surface area contributed by atoms with E-state index in [0.29, 0.717) is 38.3 Å². The predicted molar refractivity (Wildman–Crippen MR) is 99.0 cm³/mol. The van der Waals surface area contributed by atoms with E-state index >= 15 is 0 Å². The van der Waals surface area contributed by atoms with Crippen LogP contribution in [0.15, 0.2) is 24.3 Å². The van der Waals surface area contributed by atoms with Gasteiger partial charge < -0.3 is 14.7 Å². The van der Waals surface area contributed by atoms with Gasteiger partial charge in [0.25, 0.3) is 5.91 Å². The van der Waals surface area contributed by atoms with Crippen molar-refractivity contribution in [3.8, 4) is 0 Å². The number of rotatable bonds is 4. The minimum absolute atomic E-state index is 0.0217. The fourth-order valence-corrected chi connectivity index (χ4v) is 5.53. The summed E-state index contributed by atoms with van der Waals surface area (Å²) in [7, 11) is -1.40. The molecule has 6 nitrogen and oxygen atoms in total. The van der Waals surface area contributed by atoms with E-state index in [2.05, 4.69) is 0 Å².